The number of anilines is 2. The zero-order valence-electron chi connectivity index (χ0n) is 11.2. The lowest BCUT2D eigenvalue weighted by Gasteiger charge is -2.20. The Balaban J connectivity index is 1.84. The van der Waals surface area contributed by atoms with Gasteiger partial charge in [-0.3, -0.25) is 10.1 Å². The summed E-state index contributed by atoms with van der Waals surface area (Å²) in [7, 11) is 1.60. The van der Waals surface area contributed by atoms with Crippen molar-refractivity contribution in [1.82, 2.24) is 9.97 Å². The normalized spacial score (nSPS) is 25.4. The number of hydrogen-bond donors (Lipinski definition) is 2. The maximum Gasteiger partial charge on any atom is 0.353 e. The van der Waals surface area contributed by atoms with Crippen molar-refractivity contribution >= 4 is 17.3 Å². The molecule has 2 atom stereocenters. The molecule has 1 saturated heterocycles. The van der Waals surface area contributed by atoms with Gasteiger partial charge in [-0.25, -0.2) is 9.97 Å². The molecule has 8 nitrogen and oxygen atoms in total. The van der Waals surface area contributed by atoms with E-state index in [4.69, 9.17) is 4.74 Å². The summed E-state index contributed by atoms with van der Waals surface area (Å²) in [5.74, 6) is 1.06. The van der Waals surface area contributed by atoms with Gasteiger partial charge in [-0.1, -0.05) is 0 Å². The average Bonchev–Trinajstić information content (AvgIpc) is 3.18. The number of nitrogens with one attached hydrogen (secondary N) is 2. The van der Waals surface area contributed by atoms with Crippen molar-refractivity contribution < 1.29 is 9.66 Å². The van der Waals surface area contributed by atoms with Gasteiger partial charge in [-0.2, -0.15) is 0 Å². The number of rotatable bonds is 5. The van der Waals surface area contributed by atoms with Gasteiger partial charge < -0.3 is 15.4 Å². The molecule has 1 aromatic heterocycles. The minimum Gasteiger partial charge on any atom is -0.376 e. The number of hydrogen-bond acceptors (Lipinski definition) is 7. The molecule has 20 heavy (non-hydrogen) atoms. The predicted octanol–water partition coefficient (Wildman–Crippen LogP) is 1.41. The van der Waals surface area contributed by atoms with E-state index in [1.54, 1.807) is 7.05 Å². The molecule has 2 fully saturated rings. The van der Waals surface area contributed by atoms with Crippen LogP contribution in [0.3, 0.4) is 0 Å². The maximum atomic E-state index is 11.2. The second-order valence-corrected chi connectivity index (χ2v) is 5.14. The first-order valence-electron chi connectivity index (χ1n) is 6.76. The molecule has 1 aliphatic carbocycles. The van der Waals surface area contributed by atoms with Crippen LogP contribution in [0.1, 0.15) is 19.3 Å². The van der Waals surface area contributed by atoms with E-state index in [1.807, 2.05) is 0 Å². The van der Waals surface area contributed by atoms with Crippen molar-refractivity contribution in [3.05, 3.63) is 16.4 Å². The van der Waals surface area contributed by atoms with E-state index in [2.05, 4.69) is 20.6 Å². The molecule has 0 radical (unpaired) electrons. The van der Waals surface area contributed by atoms with Crippen LogP contribution in [0.25, 0.3) is 0 Å². The van der Waals surface area contributed by atoms with Crippen molar-refractivity contribution in [2.75, 3.05) is 24.3 Å². The predicted molar refractivity (Wildman–Crippen MR) is 72.7 cm³/mol. The molecule has 0 bridgehead atoms. The highest BCUT2D eigenvalue weighted by Crippen LogP contribution is 2.40. The maximum absolute atomic E-state index is 11.2. The largest absolute Gasteiger partial charge is 0.376 e. The van der Waals surface area contributed by atoms with Crippen LogP contribution in [0.2, 0.25) is 0 Å². The third-order valence-corrected chi connectivity index (χ3v) is 3.79. The van der Waals surface area contributed by atoms with Crippen molar-refractivity contribution in [3.63, 3.8) is 0 Å². The molecule has 3 rings (SSSR count). The molecule has 2 heterocycles. The highest BCUT2D eigenvalue weighted by molar-refractivity contribution is 5.69. The molecule has 108 valence electrons. The van der Waals surface area contributed by atoms with E-state index in [0.717, 1.165) is 6.42 Å². The van der Waals surface area contributed by atoms with Crippen LogP contribution in [0, 0.1) is 16.0 Å². The summed E-state index contributed by atoms with van der Waals surface area (Å²) in [5.41, 5.74) is -0.114. The van der Waals surface area contributed by atoms with Gasteiger partial charge in [-0.05, 0) is 25.2 Å². The van der Waals surface area contributed by atoms with Crippen LogP contribution in [0.5, 0.6) is 0 Å². The second kappa shape index (κ2) is 5.20. The van der Waals surface area contributed by atoms with Gasteiger partial charge in [0.25, 0.3) is 0 Å². The number of aromatic nitrogens is 2. The minimum absolute atomic E-state index is 0.0841. The van der Waals surface area contributed by atoms with Crippen molar-refractivity contribution in [2.24, 2.45) is 5.92 Å². The molecule has 0 amide bonds. The Hall–Kier alpha value is -1.96. The number of nitro groups is 1. The van der Waals surface area contributed by atoms with Crippen LogP contribution in [-0.2, 0) is 4.74 Å². The van der Waals surface area contributed by atoms with Gasteiger partial charge in [0.05, 0.1) is 17.1 Å². The Labute approximate surface area is 116 Å². The first-order valence-corrected chi connectivity index (χ1v) is 6.76. The Bertz CT molecular complexity index is 520. The highest BCUT2D eigenvalue weighted by atomic mass is 16.6. The molecular formula is C12H17N5O3. The third kappa shape index (κ3) is 2.38. The first kappa shape index (κ1) is 13.0. The SMILES string of the molecule is CNc1ncnc(NC2CCOC2C2CC2)c1[N+](=O)[O-]. The number of ether oxygens (including phenoxy) is 1. The molecule has 2 unspecified atom stereocenters. The molecule has 8 heteroatoms. The lowest BCUT2D eigenvalue weighted by atomic mass is 10.1. The average molecular weight is 279 g/mol. The summed E-state index contributed by atoms with van der Waals surface area (Å²) in [4.78, 5) is 18.7. The van der Waals surface area contributed by atoms with E-state index in [0.29, 0.717) is 12.5 Å². The Morgan fingerprint density at radius 2 is 2.10 bits per heavy atom. The molecule has 2 aliphatic rings. The molecule has 0 spiro atoms. The fourth-order valence-corrected chi connectivity index (χ4v) is 2.67. The summed E-state index contributed by atoms with van der Waals surface area (Å²) in [6.45, 7) is 0.691. The molecule has 1 aromatic rings. The van der Waals surface area contributed by atoms with E-state index in [-0.39, 0.29) is 29.5 Å². The molecular weight excluding hydrogens is 262 g/mol. The van der Waals surface area contributed by atoms with Crippen LogP contribution in [-0.4, -0.2) is 40.7 Å². The van der Waals surface area contributed by atoms with Gasteiger partial charge in [0.15, 0.2) is 0 Å². The summed E-state index contributed by atoms with van der Waals surface area (Å²) in [6.07, 6.45) is 4.66. The van der Waals surface area contributed by atoms with Crippen molar-refractivity contribution in [1.29, 1.82) is 0 Å². The van der Waals surface area contributed by atoms with E-state index in [1.165, 1.54) is 19.2 Å². The van der Waals surface area contributed by atoms with E-state index >= 15 is 0 Å². The Kier molecular flexibility index (Phi) is 3.39. The quantitative estimate of drug-likeness (QED) is 0.620. The lowest BCUT2D eigenvalue weighted by Crippen LogP contribution is -2.31. The molecule has 1 aliphatic heterocycles. The lowest BCUT2D eigenvalue weighted by molar-refractivity contribution is -0.383. The van der Waals surface area contributed by atoms with E-state index < -0.39 is 4.92 Å². The molecule has 0 aromatic carbocycles. The van der Waals surface area contributed by atoms with Crippen LogP contribution < -0.4 is 10.6 Å². The summed E-state index contributed by atoms with van der Waals surface area (Å²) in [6, 6.07) is 0.0841. The fraction of sp³-hybridized carbons (Fsp3) is 0.667. The first-order chi connectivity index (χ1) is 9.70. The van der Waals surface area contributed by atoms with E-state index in [9.17, 15) is 10.1 Å². The Morgan fingerprint density at radius 1 is 1.35 bits per heavy atom. The molecule has 1 saturated carbocycles. The minimum atomic E-state index is -0.462. The highest BCUT2D eigenvalue weighted by Gasteiger charge is 2.41. The summed E-state index contributed by atoms with van der Waals surface area (Å²) in [5, 5.41) is 17.1. The summed E-state index contributed by atoms with van der Waals surface area (Å²) >= 11 is 0. The zero-order chi connectivity index (χ0) is 14.1. The van der Waals surface area contributed by atoms with Crippen molar-refractivity contribution in [3.8, 4) is 0 Å². The van der Waals surface area contributed by atoms with Crippen LogP contribution in [0.15, 0.2) is 6.33 Å². The Morgan fingerprint density at radius 3 is 2.75 bits per heavy atom. The smallest absolute Gasteiger partial charge is 0.353 e. The summed E-state index contributed by atoms with van der Waals surface area (Å²) < 4.78 is 5.73. The topological polar surface area (TPSA) is 102 Å². The van der Waals surface area contributed by atoms with Gasteiger partial charge in [0.2, 0.25) is 11.6 Å². The van der Waals surface area contributed by atoms with Gasteiger partial charge in [0, 0.05) is 13.7 Å². The van der Waals surface area contributed by atoms with Gasteiger partial charge >= 0.3 is 5.69 Å². The van der Waals surface area contributed by atoms with Crippen molar-refractivity contribution in [2.45, 2.75) is 31.4 Å². The van der Waals surface area contributed by atoms with Gasteiger partial charge in [-0.15, -0.1) is 0 Å². The third-order valence-electron chi connectivity index (χ3n) is 3.79. The zero-order valence-corrected chi connectivity index (χ0v) is 11.2. The van der Waals surface area contributed by atoms with Crippen LogP contribution in [0.4, 0.5) is 17.3 Å². The molecule has 2 N–H and O–H groups in total. The standard InChI is InChI=1S/C12H17N5O3/c1-13-11-9(17(18)19)12(15-6-14-11)16-8-4-5-20-10(8)7-2-3-7/h6-8,10H,2-5H2,1H3,(H2,13,14,15,16). The fourth-order valence-electron chi connectivity index (χ4n) is 2.67. The van der Waals surface area contributed by atoms with Gasteiger partial charge in [0.1, 0.15) is 6.33 Å². The second-order valence-electron chi connectivity index (χ2n) is 5.14. The van der Waals surface area contributed by atoms with Crippen LogP contribution >= 0.6 is 0 Å². The number of nitrogens with zero attached hydrogens (tertiary/aromatic N) is 3. The monoisotopic (exact) mass is 279 g/mol.